The number of rotatable bonds is 4. The summed E-state index contributed by atoms with van der Waals surface area (Å²) in [6, 6.07) is 8.78. The molecule has 2 heteroatoms. The lowest BCUT2D eigenvalue weighted by atomic mass is 9.61. The number of aryl methyl sites for hydroxylation is 1. The minimum absolute atomic E-state index is 0.401. The van der Waals surface area contributed by atoms with Crippen LogP contribution in [0.25, 0.3) is 0 Å². The molecule has 2 unspecified atom stereocenters. The second-order valence-corrected chi connectivity index (χ2v) is 7.96. The lowest BCUT2D eigenvalue weighted by Crippen LogP contribution is -2.56. The largest absolute Gasteiger partial charge is 0.490 e. The van der Waals surface area contributed by atoms with E-state index in [1.807, 2.05) is 0 Å². The number of ether oxygens (including phenoxy) is 1. The summed E-state index contributed by atoms with van der Waals surface area (Å²) in [5.74, 6) is 1.06. The number of halogens is 1. The Labute approximate surface area is 137 Å². The topological polar surface area (TPSA) is 9.23 Å². The number of benzene rings is 1. The highest BCUT2D eigenvalue weighted by molar-refractivity contribution is 9.09. The molecule has 2 aliphatic carbocycles. The predicted molar refractivity (Wildman–Crippen MR) is 92.3 cm³/mol. The molecule has 3 rings (SSSR count). The smallest absolute Gasteiger partial charge is 0.119 e. The molecule has 1 nitrogen and oxygen atoms in total. The molecule has 0 heterocycles. The lowest BCUT2D eigenvalue weighted by molar-refractivity contribution is -0.0462. The summed E-state index contributed by atoms with van der Waals surface area (Å²) < 4.78 is 6.37. The van der Waals surface area contributed by atoms with Gasteiger partial charge >= 0.3 is 0 Å². The molecule has 116 valence electrons. The van der Waals surface area contributed by atoms with Crippen molar-refractivity contribution in [3.63, 3.8) is 0 Å². The zero-order valence-corrected chi connectivity index (χ0v) is 14.7. The van der Waals surface area contributed by atoms with Crippen LogP contribution in [-0.2, 0) is 6.42 Å². The number of hydrogen-bond acceptors (Lipinski definition) is 1. The first kappa shape index (κ1) is 15.4. The molecule has 0 radical (unpaired) electrons. The van der Waals surface area contributed by atoms with E-state index in [1.165, 1.54) is 50.5 Å². The summed E-state index contributed by atoms with van der Waals surface area (Å²) >= 11 is 3.92. The van der Waals surface area contributed by atoms with Crippen LogP contribution in [0.1, 0.15) is 63.9 Å². The second kappa shape index (κ2) is 6.73. The van der Waals surface area contributed by atoms with E-state index in [0.29, 0.717) is 16.3 Å². The van der Waals surface area contributed by atoms with Crippen molar-refractivity contribution in [2.75, 3.05) is 0 Å². The van der Waals surface area contributed by atoms with E-state index >= 15 is 0 Å². The molecule has 2 aliphatic rings. The molecule has 1 aromatic carbocycles. The monoisotopic (exact) mass is 350 g/mol. The molecule has 1 spiro atoms. The fourth-order valence-corrected chi connectivity index (χ4v) is 5.17. The Hall–Kier alpha value is -0.500. The first-order valence-electron chi connectivity index (χ1n) is 8.64. The van der Waals surface area contributed by atoms with Crippen molar-refractivity contribution in [1.29, 1.82) is 0 Å². The Kier molecular flexibility index (Phi) is 4.93. The van der Waals surface area contributed by atoms with Crippen molar-refractivity contribution in [2.45, 2.75) is 75.6 Å². The number of alkyl halides is 1. The van der Waals surface area contributed by atoms with E-state index in [-0.39, 0.29) is 0 Å². The third-order valence-corrected chi connectivity index (χ3v) is 6.75. The minimum Gasteiger partial charge on any atom is -0.490 e. The molecular weight excluding hydrogens is 324 g/mol. The van der Waals surface area contributed by atoms with Crippen LogP contribution in [0.5, 0.6) is 5.75 Å². The first-order chi connectivity index (χ1) is 10.2. The average molecular weight is 351 g/mol. The SMILES string of the molecule is CCCc1ccc(OC2CC(Br)C23CCCCCC3)cc1. The van der Waals surface area contributed by atoms with Crippen LogP contribution in [0.4, 0.5) is 0 Å². The highest BCUT2D eigenvalue weighted by Gasteiger charge is 2.54. The molecule has 0 aromatic heterocycles. The van der Waals surface area contributed by atoms with Gasteiger partial charge in [0, 0.05) is 10.2 Å². The maximum absolute atomic E-state index is 6.37. The van der Waals surface area contributed by atoms with Crippen LogP contribution in [0.3, 0.4) is 0 Å². The molecule has 0 N–H and O–H groups in total. The Morgan fingerprint density at radius 3 is 2.33 bits per heavy atom. The molecule has 2 fully saturated rings. The van der Waals surface area contributed by atoms with Crippen LogP contribution < -0.4 is 4.74 Å². The van der Waals surface area contributed by atoms with Crippen LogP contribution in [-0.4, -0.2) is 10.9 Å². The zero-order valence-electron chi connectivity index (χ0n) is 13.1. The Balaban J connectivity index is 1.66. The van der Waals surface area contributed by atoms with Gasteiger partial charge in [-0.15, -0.1) is 0 Å². The Morgan fingerprint density at radius 1 is 1.10 bits per heavy atom. The van der Waals surface area contributed by atoms with Gasteiger partial charge < -0.3 is 4.74 Å². The van der Waals surface area contributed by atoms with Crippen molar-refractivity contribution in [1.82, 2.24) is 0 Å². The van der Waals surface area contributed by atoms with Gasteiger partial charge in [-0.05, 0) is 43.4 Å². The van der Waals surface area contributed by atoms with Crippen LogP contribution in [0.15, 0.2) is 24.3 Å². The van der Waals surface area contributed by atoms with Gasteiger partial charge in [-0.2, -0.15) is 0 Å². The van der Waals surface area contributed by atoms with Gasteiger partial charge in [0.15, 0.2) is 0 Å². The summed E-state index contributed by atoms with van der Waals surface area (Å²) in [7, 11) is 0. The highest BCUT2D eigenvalue weighted by Crippen LogP contribution is 2.55. The third kappa shape index (κ3) is 3.16. The number of hydrogen-bond donors (Lipinski definition) is 0. The van der Waals surface area contributed by atoms with Crippen LogP contribution >= 0.6 is 15.9 Å². The fraction of sp³-hybridized carbons (Fsp3) is 0.684. The van der Waals surface area contributed by atoms with Gasteiger partial charge in [0.05, 0.1) is 0 Å². The van der Waals surface area contributed by atoms with E-state index < -0.39 is 0 Å². The van der Waals surface area contributed by atoms with Crippen LogP contribution in [0.2, 0.25) is 0 Å². The van der Waals surface area contributed by atoms with Crippen LogP contribution in [0, 0.1) is 5.41 Å². The third-order valence-electron chi connectivity index (χ3n) is 5.46. The Morgan fingerprint density at radius 2 is 1.76 bits per heavy atom. The summed E-state index contributed by atoms with van der Waals surface area (Å²) in [4.78, 5) is 0.660. The molecule has 1 aromatic rings. The molecule has 21 heavy (non-hydrogen) atoms. The summed E-state index contributed by atoms with van der Waals surface area (Å²) in [6.07, 6.45) is 12.2. The van der Waals surface area contributed by atoms with Gasteiger partial charge in [0.2, 0.25) is 0 Å². The van der Waals surface area contributed by atoms with Crippen molar-refractivity contribution in [3.8, 4) is 5.75 Å². The maximum atomic E-state index is 6.37. The first-order valence-corrected chi connectivity index (χ1v) is 9.56. The van der Waals surface area contributed by atoms with E-state index in [2.05, 4.69) is 47.1 Å². The molecular formula is C19H27BrO. The second-order valence-electron chi connectivity index (χ2n) is 6.85. The molecule has 2 atom stereocenters. The molecule has 0 saturated heterocycles. The summed E-state index contributed by atoms with van der Waals surface area (Å²) in [6.45, 7) is 2.23. The normalized spacial score (nSPS) is 27.9. The van der Waals surface area contributed by atoms with Gasteiger partial charge in [0.1, 0.15) is 11.9 Å². The molecule has 0 amide bonds. The van der Waals surface area contributed by atoms with Crippen molar-refractivity contribution < 1.29 is 4.74 Å². The molecule has 2 saturated carbocycles. The maximum Gasteiger partial charge on any atom is 0.119 e. The minimum atomic E-state index is 0.401. The average Bonchev–Trinajstić information content (AvgIpc) is 2.77. The quantitative estimate of drug-likeness (QED) is 0.614. The highest BCUT2D eigenvalue weighted by atomic mass is 79.9. The molecule has 0 bridgehead atoms. The van der Waals surface area contributed by atoms with Gasteiger partial charge in [-0.25, -0.2) is 0 Å². The van der Waals surface area contributed by atoms with E-state index in [4.69, 9.17) is 4.74 Å². The lowest BCUT2D eigenvalue weighted by Gasteiger charge is -2.53. The van der Waals surface area contributed by atoms with Gasteiger partial charge in [-0.1, -0.05) is 67.1 Å². The van der Waals surface area contributed by atoms with E-state index in [9.17, 15) is 0 Å². The van der Waals surface area contributed by atoms with E-state index in [1.54, 1.807) is 0 Å². The van der Waals surface area contributed by atoms with Crippen molar-refractivity contribution in [3.05, 3.63) is 29.8 Å². The van der Waals surface area contributed by atoms with Crippen molar-refractivity contribution >= 4 is 15.9 Å². The van der Waals surface area contributed by atoms with Gasteiger partial charge in [0.25, 0.3) is 0 Å². The van der Waals surface area contributed by atoms with Gasteiger partial charge in [-0.3, -0.25) is 0 Å². The standard InChI is InChI=1S/C19H27BrO/c1-2-7-15-8-10-16(11-9-15)21-18-14-17(20)19(18)12-5-3-4-6-13-19/h8-11,17-18H,2-7,12-14H2,1H3. The predicted octanol–water partition coefficient (Wildman–Crippen LogP) is 5.89. The Bertz CT molecular complexity index is 445. The fourth-order valence-electron chi connectivity index (χ4n) is 4.07. The molecule has 0 aliphatic heterocycles. The summed E-state index contributed by atoms with van der Waals surface area (Å²) in [5, 5.41) is 0. The van der Waals surface area contributed by atoms with E-state index in [0.717, 1.165) is 18.6 Å². The van der Waals surface area contributed by atoms with Crippen molar-refractivity contribution in [2.24, 2.45) is 5.41 Å². The zero-order chi connectivity index (χ0) is 14.7. The summed E-state index contributed by atoms with van der Waals surface area (Å²) in [5.41, 5.74) is 1.82.